The molecule has 0 amide bonds. The summed E-state index contributed by atoms with van der Waals surface area (Å²) < 4.78 is 13.1. The average Bonchev–Trinajstić information content (AvgIpc) is 2.24. The summed E-state index contributed by atoms with van der Waals surface area (Å²) in [4.78, 5) is 0. The van der Waals surface area contributed by atoms with Crippen molar-refractivity contribution in [3.8, 4) is 0 Å². The van der Waals surface area contributed by atoms with Gasteiger partial charge in [0, 0.05) is 6.42 Å². The van der Waals surface area contributed by atoms with Crippen LogP contribution in [0.5, 0.6) is 0 Å². The number of hydrogen-bond acceptors (Lipinski definition) is 1. The highest BCUT2D eigenvalue weighted by Crippen LogP contribution is 2.41. The van der Waals surface area contributed by atoms with Crippen molar-refractivity contribution in [3.05, 3.63) is 35.6 Å². The SMILES string of the molecule is CC1(C)CCC(O)(Cc2cccc(F)c2)CC1. The van der Waals surface area contributed by atoms with Crippen molar-refractivity contribution in [1.82, 2.24) is 0 Å². The lowest BCUT2D eigenvalue weighted by Gasteiger charge is -2.40. The Labute approximate surface area is 103 Å². The van der Waals surface area contributed by atoms with Crippen LogP contribution in [0.4, 0.5) is 4.39 Å². The van der Waals surface area contributed by atoms with Gasteiger partial charge in [0.1, 0.15) is 5.82 Å². The number of rotatable bonds is 2. The van der Waals surface area contributed by atoms with Crippen LogP contribution >= 0.6 is 0 Å². The predicted molar refractivity (Wildman–Crippen MR) is 67.3 cm³/mol. The molecule has 1 N–H and O–H groups in total. The number of benzene rings is 1. The lowest BCUT2D eigenvalue weighted by atomic mass is 9.69. The van der Waals surface area contributed by atoms with Gasteiger partial charge in [-0.3, -0.25) is 0 Å². The molecule has 0 heterocycles. The van der Waals surface area contributed by atoms with Gasteiger partial charge < -0.3 is 5.11 Å². The zero-order valence-corrected chi connectivity index (χ0v) is 10.7. The molecule has 0 spiro atoms. The molecule has 0 atom stereocenters. The first-order valence-electron chi connectivity index (χ1n) is 6.36. The first-order valence-corrected chi connectivity index (χ1v) is 6.36. The van der Waals surface area contributed by atoms with Crippen molar-refractivity contribution in [3.63, 3.8) is 0 Å². The number of hydrogen-bond donors (Lipinski definition) is 1. The van der Waals surface area contributed by atoms with E-state index in [-0.39, 0.29) is 5.82 Å². The summed E-state index contributed by atoms with van der Waals surface area (Å²) in [6, 6.07) is 6.57. The Morgan fingerprint density at radius 1 is 1.18 bits per heavy atom. The van der Waals surface area contributed by atoms with Gasteiger partial charge in [-0.25, -0.2) is 4.39 Å². The molecule has 1 nitrogen and oxygen atoms in total. The Hall–Kier alpha value is -0.890. The molecule has 1 aromatic carbocycles. The molecule has 2 rings (SSSR count). The fourth-order valence-electron chi connectivity index (χ4n) is 2.60. The molecule has 0 bridgehead atoms. The van der Waals surface area contributed by atoms with Gasteiger partial charge in [-0.05, 0) is 48.8 Å². The highest BCUT2D eigenvalue weighted by molar-refractivity contribution is 5.18. The largest absolute Gasteiger partial charge is 0.390 e. The molecule has 94 valence electrons. The van der Waals surface area contributed by atoms with Gasteiger partial charge in [0.2, 0.25) is 0 Å². The van der Waals surface area contributed by atoms with E-state index in [9.17, 15) is 9.50 Å². The molecule has 0 aromatic heterocycles. The van der Waals surface area contributed by atoms with E-state index in [1.165, 1.54) is 12.1 Å². The van der Waals surface area contributed by atoms with Crippen LogP contribution in [0, 0.1) is 11.2 Å². The van der Waals surface area contributed by atoms with Crippen LogP contribution in [-0.2, 0) is 6.42 Å². The maximum Gasteiger partial charge on any atom is 0.123 e. The minimum atomic E-state index is -0.636. The monoisotopic (exact) mass is 236 g/mol. The fourth-order valence-corrected chi connectivity index (χ4v) is 2.60. The number of aliphatic hydroxyl groups is 1. The molecule has 1 aliphatic carbocycles. The summed E-state index contributed by atoms with van der Waals surface area (Å²) in [6.07, 6.45) is 4.28. The van der Waals surface area contributed by atoms with Crippen LogP contribution in [-0.4, -0.2) is 10.7 Å². The van der Waals surface area contributed by atoms with Gasteiger partial charge in [-0.1, -0.05) is 26.0 Å². The summed E-state index contributed by atoms with van der Waals surface area (Å²) >= 11 is 0. The van der Waals surface area contributed by atoms with Crippen LogP contribution in [0.25, 0.3) is 0 Å². The second-order valence-electron chi connectivity index (χ2n) is 6.20. The lowest BCUT2D eigenvalue weighted by Crippen LogP contribution is -2.38. The van der Waals surface area contributed by atoms with Crippen molar-refractivity contribution in [2.45, 2.75) is 51.6 Å². The molecule has 0 radical (unpaired) electrons. The maximum atomic E-state index is 13.1. The van der Waals surface area contributed by atoms with Crippen molar-refractivity contribution in [1.29, 1.82) is 0 Å². The molecule has 17 heavy (non-hydrogen) atoms. The predicted octanol–water partition coefficient (Wildman–Crippen LogP) is 3.70. The smallest absolute Gasteiger partial charge is 0.123 e. The molecule has 1 aromatic rings. The van der Waals surface area contributed by atoms with E-state index in [0.29, 0.717) is 11.8 Å². The van der Waals surface area contributed by atoms with Crippen LogP contribution < -0.4 is 0 Å². The summed E-state index contributed by atoms with van der Waals surface area (Å²) in [7, 11) is 0. The standard InChI is InChI=1S/C15H21FO/c1-14(2)6-8-15(17,9-7-14)11-12-4-3-5-13(16)10-12/h3-5,10,17H,6-9,11H2,1-2H3. The van der Waals surface area contributed by atoms with E-state index in [2.05, 4.69) is 13.8 Å². The van der Waals surface area contributed by atoms with Crippen molar-refractivity contribution in [2.75, 3.05) is 0 Å². The first kappa shape index (κ1) is 12.6. The minimum Gasteiger partial charge on any atom is -0.390 e. The molecule has 1 fully saturated rings. The Morgan fingerprint density at radius 3 is 2.41 bits per heavy atom. The summed E-state index contributed by atoms with van der Waals surface area (Å²) in [6.45, 7) is 4.49. The van der Waals surface area contributed by atoms with Crippen LogP contribution in [0.15, 0.2) is 24.3 Å². The second-order valence-corrected chi connectivity index (χ2v) is 6.20. The van der Waals surface area contributed by atoms with E-state index >= 15 is 0 Å². The molecule has 0 saturated heterocycles. The maximum absolute atomic E-state index is 13.1. The fraction of sp³-hybridized carbons (Fsp3) is 0.600. The second kappa shape index (κ2) is 4.41. The van der Waals surface area contributed by atoms with Crippen molar-refractivity contribution in [2.24, 2.45) is 5.41 Å². The quantitative estimate of drug-likeness (QED) is 0.830. The molecular formula is C15H21FO. The first-order chi connectivity index (χ1) is 7.89. The zero-order chi connectivity index (χ0) is 12.5. The van der Waals surface area contributed by atoms with Gasteiger partial charge in [-0.15, -0.1) is 0 Å². The molecule has 2 heteroatoms. The lowest BCUT2D eigenvalue weighted by molar-refractivity contribution is -0.0251. The summed E-state index contributed by atoms with van der Waals surface area (Å²) in [5, 5.41) is 10.5. The van der Waals surface area contributed by atoms with Crippen molar-refractivity contribution < 1.29 is 9.50 Å². The number of halogens is 1. The van der Waals surface area contributed by atoms with Gasteiger partial charge >= 0.3 is 0 Å². The van der Waals surface area contributed by atoms with Gasteiger partial charge in [0.15, 0.2) is 0 Å². The van der Waals surface area contributed by atoms with Crippen LogP contribution in [0.2, 0.25) is 0 Å². The van der Waals surface area contributed by atoms with Gasteiger partial charge in [0.25, 0.3) is 0 Å². The van der Waals surface area contributed by atoms with E-state index in [4.69, 9.17) is 0 Å². The third kappa shape index (κ3) is 3.29. The average molecular weight is 236 g/mol. The molecule has 0 unspecified atom stereocenters. The summed E-state index contributed by atoms with van der Waals surface area (Å²) in [5.74, 6) is -0.220. The molecule has 0 aliphatic heterocycles. The molecule has 1 aliphatic rings. The third-order valence-electron chi connectivity index (χ3n) is 3.96. The molecular weight excluding hydrogens is 215 g/mol. The molecule has 1 saturated carbocycles. The highest BCUT2D eigenvalue weighted by atomic mass is 19.1. The normalized spacial score (nSPS) is 22.4. The van der Waals surface area contributed by atoms with Gasteiger partial charge in [0.05, 0.1) is 5.60 Å². The van der Waals surface area contributed by atoms with E-state index in [0.717, 1.165) is 31.2 Å². The Balaban J connectivity index is 2.04. The Morgan fingerprint density at radius 2 is 1.82 bits per heavy atom. The van der Waals surface area contributed by atoms with E-state index < -0.39 is 5.60 Å². The zero-order valence-electron chi connectivity index (χ0n) is 10.7. The third-order valence-corrected chi connectivity index (χ3v) is 3.96. The Bertz CT molecular complexity index is 388. The summed E-state index contributed by atoms with van der Waals surface area (Å²) in [5.41, 5.74) is 0.601. The van der Waals surface area contributed by atoms with Crippen LogP contribution in [0.1, 0.15) is 45.1 Å². The van der Waals surface area contributed by atoms with E-state index in [1.807, 2.05) is 6.07 Å². The van der Waals surface area contributed by atoms with Crippen molar-refractivity contribution >= 4 is 0 Å². The highest BCUT2D eigenvalue weighted by Gasteiger charge is 2.36. The topological polar surface area (TPSA) is 20.2 Å². The Kier molecular flexibility index (Phi) is 3.26. The minimum absolute atomic E-state index is 0.220. The van der Waals surface area contributed by atoms with Gasteiger partial charge in [-0.2, -0.15) is 0 Å². The van der Waals surface area contributed by atoms with E-state index in [1.54, 1.807) is 6.07 Å². The van der Waals surface area contributed by atoms with Crippen LogP contribution in [0.3, 0.4) is 0 Å².